The van der Waals surface area contributed by atoms with E-state index < -0.39 is 74.5 Å². The zero-order valence-corrected chi connectivity index (χ0v) is 26.0. The molecule has 4 unspecified atom stereocenters. The number of rotatable bonds is 6. The average molecular weight is 670 g/mol. The van der Waals surface area contributed by atoms with Crippen molar-refractivity contribution < 1.29 is 39.6 Å². The highest BCUT2D eigenvalue weighted by atomic mass is 79.9. The summed E-state index contributed by atoms with van der Waals surface area (Å²) in [5, 5.41) is 48.0. The normalized spacial score (nSPS) is 25.3. The SMILES string of the molecule is CN(C)c1ccc(C(Br)C(=O)Nc2ccc3c(c2O)C(O)=C2C(=O)C4(O)C(O)=C(C(N)=O)C(=O)[C@@H](N(C)C)C4CC2C3)cc1. The lowest BCUT2D eigenvalue weighted by molar-refractivity contribution is -0.153. The maximum atomic E-state index is 14.0. The molecule has 3 aliphatic rings. The summed E-state index contributed by atoms with van der Waals surface area (Å²) in [6.07, 6.45) is 0.137. The molecule has 0 aromatic heterocycles. The van der Waals surface area contributed by atoms with Crippen LogP contribution in [0.4, 0.5) is 11.4 Å². The molecule has 0 saturated heterocycles. The number of hydrogen-bond donors (Lipinski definition) is 6. The van der Waals surface area contributed by atoms with Crippen LogP contribution in [0.1, 0.15) is 27.9 Å². The number of anilines is 2. The number of fused-ring (bicyclic) bond motifs is 3. The lowest BCUT2D eigenvalue weighted by atomic mass is 9.57. The third-order valence-electron chi connectivity index (χ3n) is 8.78. The second-order valence-corrected chi connectivity index (χ2v) is 12.7. The van der Waals surface area contributed by atoms with Gasteiger partial charge in [0.2, 0.25) is 11.7 Å². The second kappa shape index (κ2) is 11.1. The van der Waals surface area contributed by atoms with Crippen molar-refractivity contribution in [3.05, 3.63) is 70.0 Å². The molecule has 0 radical (unpaired) electrons. The number of ketones is 2. The van der Waals surface area contributed by atoms with Gasteiger partial charge in [-0.05, 0) is 62.2 Å². The van der Waals surface area contributed by atoms with E-state index in [9.17, 15) is 39.6 Å². The molecule has 2 aromatic carbocycles. The number of primary amides is 1. The highest BCUT2D eigenvalue weighted by molar-refractivity contribution is 9.09. The molecule has 7 N–H and O–H groups in total. The van der Waals surface area contributed by atoms with Crippen molar-refractivity contribution in [3.63, 3.8) is 0 Å². The first-order valence-electron chi connectivity index (χ1n) is 13.8. The van der Waals surface area contributed by atoms with Gasteiger partial charge in [-0.25, -0.2) is 0 Å². The zero-order valence-electron chi connectivity index (χ0n) is 24.5. The summed E-state index contributed by atoms with van der Waals surface area (Å²) in [4.78, 5) is 55.0. The first-order valence-corrected chi connectivity index (χ1v) is 14.7. The first-order chi connectivity index (χ1) is 20.6. The average Bonchev–Trinajstić information content (AvgIpc) is 2.95. The van der Waals surface area contributed by atoms with Crippen LogP contribution < -0.4 is 16.0 Å². The number of benzene rings is 2. The number of Topliss-reactive ketones (excluding diaryl/α,β-unsaturated/α-hetero) is 2. The Morgan fingerprint density at radius 3 is 2.25 bits per heavy atom. The Morgan fingerprint density at radius 2 is 1.68 bits per heavy atom. The fraction of sp³-hybridized carbons (Fsp3) is 0.355. The number of carbonyl (C=O) groups is 4. The summed E-state index contributed by atoms with van der Waals surface area (Å²) in [7, 11) is 6.87. The molecule has 5 atom stereocenters. The maximum Gasteiger partial charge on any atom is 0.255 e. The summed E-state index contributed by atoms with van der Waals surface area (Å²) in [6.45, 7) is 0. The Kier molecular flexibility index (Phi) is 7.85. The third-order valence-corrected chi connectivity index (χ3v) is 9.73. The van der Waals surface area contributed by atoms with Crippen LogP contribution in [0, 0.1) is 11.8 Å². The van der Waals surface area contributed by atoms with E-state index in [2.05, 4.69) is 21.2 Å². The molecule has 12 nitrogen and oxygen atoms in total. The molecule has 44 heavy (non-hydrogen) atoms. The molecular formula is C31H33BrN4O8. The number of halogens is 1. The van der Waals surface area contributed by atoms with Crippen LogP contribution in [0.3, 0.4) is 0 Å². The number of hydrogen-bond acceptors (Lipinski definition) is 10. The van der Waals surface area contributed by atoms with Gasteiger partial charge in [0.15, 0.2) is 11.4 Å². The van der Waals surface area contributed by atoms with Crippen LogP contribution in [-0.4, -0.2) is 88.5 Å². The molecule has 2 amide bonds. The summed E-state index contributed by atoms with van der Waals surface area (Å²) in [5.41, 5.74) is 3.44. The van der Waals surface area contributed by atoms with Crippen LogP contribution in [0.5, 0.6) is 5.75 Å². The second-order valence-electron chi connectivity index (χ2n) is 11.8. The predicted octanol–water partition coefficient (Wildman–Crippen LogP) is 2.10. The molecule has 5 rings (SSSR count). The third kappa shape index (κ3) is 4.66. The zero-order chi connectivity index (χ0) is 32.4. The lowest BCUT2D eigenvalue weighted by Crippen LogP contribution is -2.65. The molecule has 13 heteroatoms. The standard InChI is InChI=1S/C31H33BrN4O8/c1-35(2)16-8-5-13(6-9-16)22(32)30(43)34-18-10-7-14-11-15-12-17-23(36(3)4)26(39)21(29(33)42)28(41)31(17,44)27(40)20(15)25(38)19(14)24(18)37/h5-10,15,17,22-23,37-38,41,44H,11-12H2,1-4H3,(H2,33,42)(H,34,43)/t15?,17?,22?,23-,31?/m0/s1. The number of nitrogens with zero attached hydrogens (tertiary/aromatic N) is 2. The number of phenolic OH excluding ortho intramolecular Hbond substituents is 1. The molecule has 0 spiro atoms. The van der Waals surface area contributed by atoms with E-state index in [1.165, 1.54) is 25.1 Å². The van der Waals surface area contributed by atoms with Crippen LogP contribution in [-0.2, 0) is 25.6 Å². The van der Waals surface area contributed by atoms with Crippen LogP contribution in [0.15, 0.2) is 53.3 Å². The van der Waals surface area contributed by atoms with Crippen molar-refractivity contribution in [1.82, 2.24) is 4.90 Å². The smallest absolute Gasteiger partial charge is 0.255 e. The minimum Gasteiger partial charge on any atom is -0.508 e. The van der Waals surface area contributed by atoms with Crippen molar-refractivity contribution in [2.75, 3.05) is 38.4 Å². The van der Waals surface area contributed by atoms with Gasteiger partial charge in [0, 0.05) is 31.3 Å². The first kappa shape index (κ1) is 31.2. The van der Waals surface area contributed by atoms with E-state index in [1.54, 1.807) is 18.2 Å². The summed E-state index contributed by atoms with van der Waals surface area (Å²) in [6, 6.07) is 9.23. The number of aliphatic hydroxyl groups excluding tert-OH is 2. The largest absolute Gasteiger partial charge is 0.508 e. The fourth-order valence-corrected chi connectivity index (χ4v) is 7.03. The van der Waals surface area contributed by atoms with Gasteiger partial charge in [0.1, 0.15) is 27.7 Å². The number of amides is 2. The molecule has 1 fully saturated rings. The van der Waals surface area contributed by atoms with Crippen molar-refractivity contribution in [2.45, 2.75) is 29.3 Å². The molecule has 1 saturated carbocycles. The number of likely N-dealkylation sites (N-methyl/N-ethyl adjacent to an activating group) is 1. The quantitative estimate of drug-likeness (QED) is 0.151. The Bertz CT molecular complexity index is 1670. The van der Waals surface area contributed by atoms with Crippen molar-refractivity contribution in [2.24, 2.45) is 17.6 Å². The predicted molar refractivity (Wildman–Crippen MR) is 165 cm³/mol. The van der Waals surface area contributed by atoms with Gasteiger partial charge >= 0.3 is 0 Å². The number of nitrogens with two attached hydrogens (primary N) is 1. The molecule has 2 aromatic rings. The summed E-state index contributed by atoms with van der Waals surface area (Å²) in [5.74, 6) is -7.84. The van der Waals surface area contributed by atoms with E-state index >= 15 is 0 Å². The number of aliphatic hydroxyl groups is 3. The molecule has 232 valence electrons. The van der Waals surface area contributed by atoms with Gasteiger partial charge in [-0.15, -0.1) is 0 Å². The Hall–Kier alpha value is -4.20. The van der Waals surface area contributed by atoms with Crippen LogP contribution in [0.2, 0.25) is 0 Å². The number of phenols is 1. The Balaban J connectivity index is 1.52. The van der Waals surface area contributed by atoms with Gasteiger partial charge in [-0.1, -0.05) is 34.1 Å². The van der Waals surface area contributed by atoms with E-state index in [-0.39, 0.29) is 29.7 Å². The minimum atomic E-state index is -2.72. The van der Waals surface area contributed by atoms with Crippen LogP contribution in [0.25, 0.3) is 5.76 Å². The number of carbonyl (C=O) groups excluding carboxylic acids is 4. The van der Waals surface area contributed by atoms with Crippen molar-refractivity contribution >= 4 is 56.4 Å². The van der Waals surface area contributed by atoms with Gasteiger partial charge < -0.3 is 36.4 Å². The highest BCUT2D eigenvalue weighted by Crippen LogP contribution is 2.53. The van der Waals surface area contributed by atoms with Gasteiger partial charge in [-0.2, -0.15) is 0 Å². The summed E-state index contributed by atoms with van der Waals surface area (Å²) < 4.78 is 0. The van der Waals surface area contributed by atoms with Gasteiger partial charge in [0.05, 0.1) is 17.3 Å². The van der Waals surface area contributed by atoms with Crippen LogP contribution >= 0.6 is 15.9 Å². The van der Waals surface area contributed by atoms with E-state index in [0.29, 0.717) is 11.1 Å². The monoisotopic (exact) mass is 668 g/mol. The lowest BCUT2D eigenvalue weighted by Gasteiger charge is -2.50. The van der Waals surface area contributed by atoms with Crippen molar-refractivity contribution in [3.8, 4) is 5.75 Å². The number of aromatic hydroxyl groups is 1. The van der Waals surface area contributed by atoms with Crippen molar-refractivity contribution in [1.29, 1.82) is 0 Å². The maximum absolute atomic E-state index is 14.0. The van der Waals surface area contributed by atoms with Gasteiger partial charge in [-0.3, -0.25) is 24.1 Å². The number of nitrogens with one attached hydrogen (secondary N) is 1. The molecule has 0 bridgehead atoms. The van der Waals surface area contributed by atoms with E-state index in [4.69, 9.17) is 5.73 Å². The topological polar surface area (TPSA) is 194 Å². The molecule has 0 heterocycles. The summed E-state index contributed by atoms with van der Waals surface area (Å²) >= 11 is 3.39. The Labute approximate surface area is 261 Å². The highest BCUT2D eigenvalue weighted by Gasteiger charge is 2.64. The molecule has 3 aliphatic carbocycles. The Morgan fingerprint density at radius 1 is 1.05 bits per heavy atom. The number of alkyl halides is 1. The van der Waals surface area contributed by atoms with E-state index in [1.807, 2.05) is 31.1 Å². The molecule has 0 aliphatic heterocycles. The fourth-order valence-electron chi connectivity index (χ4n) is 6.61. The van der Waals surface area contributed by atoms with E-state index in [0.717, 1.165) is 5.69 Å². The minimum absolute atomic E-state index is 0.0110. The van der Waals surface area contributed by atoms with Gasteiger partial charge in [0.25, 0.3) is 5.91 Å². The molecular weight excluding hydrogens is 636 g/mol.